The Morgan fingerprint density at radius 2 is 1.71 bits per heavy atom. The number of hydrogen-bond donors (Lipinski definition) is 3. The van der Waals surface area contributed by atoms with E-state index in [1.807, 2.05) is 0 Å². The van der Waals surface area contributed by atoms with E-state index in [2.05, 4.69) is 0 Å². The summed E-state index contributed by atoms with van der Waals surface area (Å²) in [6.45, 7) is 3.57. The molecule has 0 aromatic heterocycles. The van der Waals surface area contributed by atoms with E-state index in [-0.39, 0.29) is 55.4 Å². The SMILES string of the molecule is CCC(=O)C1(N2c3ccc4c(c3)[N+]2(C(=O)O)C(CC)N4C(=O)O)C=CN(CCC(=O)O)C=C1.[Cl-]. The number of Topliss-reactive ketones (excluding diaryl/α,β-unsaturated/α-hetero) is 1. The first-order chi connectivity index (χ1) is 15.6. The summed E-state index contributed by atoms with van der Waals surface area (Å²) in [6, 6.07) is 4.81. The smallest absolute Gasteiger partial charge is 0.546 e. The van der Waals surface area contributed by atoms with Crippen LogP contribution < -0.4 is 26.9 Å². The first-order valence-electron chi connectivity index (χ1n) is 10.6. The second-order valence-corrected chi connectivity index (χ2v) is 8.11. The van der Waals surface area contributed by atoms with Gasteiger partial charge < -0.3 is 32.6 Å². The standard InChI is InChI=1S/C22H24N4O7.ClH/c1-3-17(27)22(8-11-23(12-9-22)10-7-19(28)29)25-14-5-6-15-16(13-14)26(25,21(32)33)18(4-2)24(15)20(30)31;/h5-6,8-9,11-13,18H,3-4,7,10H2,1-2H3,(H2-,28,29,30,31,32,33);1H. The molecule has 0 saturated heterocycles. The molecular formula is C22H25ClN4O7. The van der Waals surface area contributed by atoms with Crippen molar-refractivity contribution < 1.29 is 46.9 Å². The zero-order chi connectivity index (χ0) is 24.1. The van der Waals surface area contributed by atoms with Crippen LogP contribution in [-0.4, -0.2) is 62.4 Å². The molecule has 1 aromatic rings. The molecule has 3 aliphatic heterocycles. The molecule has 3 N–H and O–H groups in total. The third kappa shape index (κ3) is 3.15. The fourth-order valence-corrected chi connectivity index (χ4v) is 5.13. The number of carboxylic acids is 1. The number of amides is 2. The Hall–Kier alpha value is -3.57. The number of ketones is 1. The molecule has 0 radical (unpaired) electrons. The molecule has 3 aliphatic rings. The molecule has 0 saturated carbocycles. The summed E-state index contributed by atoms with van der Waals surface area (Å²) in [7, 11) is 0. The van der Waals surface area contributed by atoms with Gasteiger partial charge in [0, 0.05) is 37.9 Å². The molecule has 2 atom stereocenters. The molecular weight excluding hydrogens is 468 g/mol. The molecule has 4 rings (SSSR count). The van der Waals surface area contributed by atoms with Gasteiger partial charge in [0.05, 0.1) is 12.1 Å². The number of nitrogens with zero attached hydrogens (tertiary/aromatic N) is 4. The summed E-state index contributed by atoms with van der Waals surface area (Å²) in [5.74, 6) is -1.24. The van der Waals surface area contributed by atoms with Crippen molar-refractivity contribution >= 4 is 41.0 Å². The van der Waals surface area contributed by atoms with E-state index in [0.29, 0.717) is 5.69 Å². The Kier molecular flexibility index (Phi) is 6.38. The van der Waals surface area contributed by atoms with E-state index in [1.54, 1.807) is 61.5 Å². The first kappa shape index (κ1) is 25.1. The lowest BCUT2D eigenvalue weighted by atomic mass is 9.88. The fraction of sp³-hybridized carbons (Fsp3) is 0.364. The lowest BCUT2D eigenvalue weighted by Crippen LogP contribution is -3.00. The molecule has 0 spiro atoms. The summed E-state index contributed by atoms with van der Waals surface area (Å²) in [6.07, 6.45) is 2.86. The van der Waals surface area contributed by atoms with Gasteiger partial charge in [-0.1, -0.05) is 18.4 Å². The van der Waals surface area contributed by atoms with Crippen molar-refractivity contribution in [3.05, 3.63) is 42.8 Å². The number of halogens is 1. The third-order valence-corrected chi connectivity index (χ3v) is 6.48. The predicted octanol–water partition coefficient (Wildman–Crippen LogP) is 0.181. The van der Waals surface area contributed by atoms with Crippen LogP contribution in [0.2, 0.25) is 0 Å². The van der Waals surface area contributed by atoms with Gasteiger partial charge in [-0.3, -0.25) is 9.59 Å². The van der Waals surface area contributed by atoms with Gasteiger partial charge >= 0.3 is 18.2 Å². The molecule has 182 valence electrons. The van der Waals surface area contributed by atoms with Crippen LogP contribution in [0.5, 0.6) is 0 Å². The summed E-state index contributed by atoms with van der Waals surface area (Å²) < 4.78 is -0.865. The Labute approximate surface area is 201 Å². The molecule has 2 unspecified atom stereocenters. The third-order valence-electron chi connectivity index (χ3n) is 6.48. The molecule has 2 bridgehead atoms. The number of hydrogen-bond acceptors (Lipinski definition) is 6. The molecule has 12 heteroatoms. The van der Waals surface area contributed by atoms with Crippen molar-refractivity contribution in [2.24, 2.45) is 0 Å². The normalized spacial score (nSPS) is 23.1. The zero-order valence-electron chi connectivity index (χ0n) is 18.6. The van der Waals surface area contributed by atoms with Crippen LogP contribution in [0.4, 0.5) is 26.7 Å². The Balaban J connectivity index is 0.00000324. The van der Waals surface area contributed by atoms with Crippen LogP contribution in [0.25, 0.3) is 0 Å². The van der Waals surface area contributed by atoms with Crippen molar-refractivity contribution in [1.82, 2.24) is 9.49 Å². The summed E-state index contributed by atoms with van der Waals surface area (Å²) in [5.41, 5.74) is -0.473. The number of carbonyl (C=O) groups excluding carboxylic acids is 1. The monoisotopic (exact) mass is 492 g/mol. The summed E-state index contributed by atoms with van der Waals surface area (Å²) >= 11 is 0. The number of carboxylic acid groups (broad SMARTS) is 3. The lowest BCUT2D eigenvalue weighted by molar-refractivity contribution is -0.137. The first-order valence-corrected chi connectivity index (χ1v) is 10.6. The number of quaternary nitrogens is 1. The highest BCUT2D eigenvalue weighted by Gasteiger charge is 2.70. The number of carbonyl (C=O) groups is 4. The van der Waals surface area contributed by atoms with Gasteiger partial charge in [-0.15, -0.1) is 0 Å². The number of aliphatic carboxylic acids is 1. The zero-order valence-corrected chi connectivity index (χ0v) is 19.3. The molecule has 0 aliphatic carbocycles. The van der Waals surface area contributed by atoms with Crippen LogP contribution in [0, 0.1) is 0 Å². The molecule has 0 fully saturated rings. The lowest BCUT2D eigenvalue weighted by Gasteiger charge is -2.48. The van der Waals surface area contributed by atoms with Gasteiger partial charge in [0.25, 0.3) is 0 Å². The van der Waals surface area contributed by atoms with Crippen LogP contribution in [-0.2, 0) is 9.59 Å². The number of rotatable bonds is 7. The van der Waals surface area contributed by atoms with Crippen molar-refractivity contribution in [3.63, 3.8) is 0 Å². The van der Waals surface area contributed by atoms with Crippen molar-refractivity contribution in [2.75, 3.05) is 16.5 Å². The predicted molar refractivity (Wildman–Crippen MR) is 119 cm³/mol. The van der Waals surface area contributed by atoms with E-state index >= 15 is 0 Å². The second kappa shape index (κ2) is 8.65. The maximum atomic E-state index is 13.4. The fourth-order valence-electron chi connectivity index (χ4n) is 5.13. The molecule has 1 aromatic carbocycles. The van der Waals surface area contributed by atoms with Crippen LogP contribution in [0.15, 0.2) is 42.8 Å². The molecule has 34 heavy (non-hydrogen) atoms. The minimum Gasteiger partial charge on any atom is -1.00 e. The van der Waals surface area contributed by atoms with E-state index in [1.165, 1.54) is 5.01 Å². The maximum Gasteiger partial charge on any atom is 0.546 e. The van der Waals surface area contributed by atoms with Gasteiger partial charge in [-0.05, 0) is 24.3 Å². The number of fused-ring (bicyclic) bond motifs is 1. The summed E-state index contributed by atoms with van der Waals surface area (Å²) in [5, 5.41) is 30.9. The van der Waals surface area contributed by atoms with Crippen LogP contribution in [0.3, 0.4) is 0 Å². The van der Waals surface area contributed by atoms with Gasteiger partial charge in [-0.25, -0.2) is 9.69 Å². The van der Waals surface area contributed by atoms with E-state index in [4.69, 9.17) is 5.11 Å². The van der Waals surface area contributed by atoms with E-state index in [0.717, 1.165) is 4.90 Å². The van der Waals surface area contributed by atoms with Gasteiger partial charge in [0.15, 0.2) is 17.0 Å². The second-order valence-electron chi connectivity index (χ2n) is 8.11. The average molecular weight is 493 g/mol. The quantitative estimate of drug-likeness (QED) is 0.455. The minimum absolute atomic E-state index is 0. The highest BCUT2D eigenvalue weighted by atomic mass is 35.5. The van der Waals surface area contributed by atoms with Gasteiger partial charge in [0.1, 0.15) is 5.69 Å². The van der Waals surface area contributed by atoms with Gasteiger partial charge in [-0.2, -0.15) is 9.80 Å². The summed E-state index contributed by atoms with van der Waals surface area (Å²) in [4.78, 5) is 52.2. The number of benzene rings is 1. The topological polar surface area (TPSA) is 139 Å². The Morgan fingerprint density at radius 1 is 1.06 bits per heavy atom. The highest BCUT2D eigenvalue weighted by Crippen LogP contribution is 2.57. The maximum absolute atomic E-state index is 13.4. The van der Waals surface area contributed by atoms with E-state index in [9.17, 15) is 29.4 Å². The highest BCUT2D eigenvalue weighted by molar-refractivity contribution is 6.08. The molecule has 2 amide bonds. The van der Waals surface area contributed by atoms with Crippen LogP contribution >= 0.6 is 0 Å². The minimum atomic E-state index is -1.51. The van der Waals surface area contributed by atoms with Crippen LogP contribution in [0.1, 0.15) is 33.1 Å². The largest absolute Gasteiger partial charge is 1.00 e. The molecule has 11 nitrogen and oxygen atoms in total. The average Bonchev–Trinajstić information content (AvgIpc) is 3.22. The van der Waals surface area contributed by atoms with E-state index < -0.39 is 34.5 Å². The van der Waals surface area contributed by atoms with Gasteiger partial charge in [0.2, 0.25) is 6.17 Å². The Morgan fingerprint density at radius 3 is 2.21 bits per heavy atom. The Bertz CT molecular complexity index is 1110. The van der Waals surface area contributed by atoms with Crippen molar-refractivity contribution in [2.45, 2.75) is 44.8 Å². The van der Waals surface area contributed by atoms with Crippen molar-refractivity contribution in [3.8, 4) is 0 Å². The number of anilines is 2. The molecule has 3 heterocycles. The van der Waals surface area contributed by atoms with Crippen molar-refractivity contribution in [1.29, 1.82) is 0 Å².